The molecule has 0 aromatic carbocycles. The van der Waals surface area contributed by atoms with Crippen LogP contribution in [0.25, 0.3) is 0 Å². The number of aliphatic carboxylic acids is 1. The molecule has 0 radical (unpaired) electrons. The molecule has 0 saturated heterocycles. The molecule has 0 rings (SSSR count). The van der Waals surface area contributed by atoms with Crippen molar-refractivity contribution in [2.24, 2.45) is 0 Å². The van der Waals surface area contributed by atoms with Gasteiger partial charge in [0.25, 0.3) is 0 Å². The molecule has 0 aliphatic rings. The van der Waals surface area contributed by atoms with Gasteiger partial charge in [-0.05, 0) is 57.8 Å². The van der Waals surface area contributed by atoms with Gasteiger partial charge in [-0.3, -0.25) is 9.59 Å². The highest BCUT2D eigenvalue weighted by Crippen LogP contribution is 2.12. The van der Waals surface area contributed by atoms with Crippen LogP contribution < -0.4 is 5.11 Å². The first kappa shape index (κ1) is 56.5. The van der Waals surface area contributed by atoms with Crippen LogP contribution in [0.1, 0.15) is 129 Å². The molecule has 340 valence electrons. The number of hydrogen-bond donors (Lipinski definition) is 0. The summed E-state index contributed by atoms with van der Waals surface area (Å²) in [6.45, 7) is 4.37. The Morgan fingerprint density at radius 1 is 0.508 bits per heavy atom. The summed E-state index contributed by atoms with van der Waals surface area (Å²) in [5.74, 6) is -1.85. The van der Waals surface area contributed by atoms with Crippen molar-refractivity contribution in [3.63, 3.8) is 0 Å². The molecule has 8 nitrogen and oxygen atoms in total. The topological polar surface area (TPSA) is 102 Å². The second kappa shape index (κ2) is 42.2. The summed E-state index contributed by atoms with van der Waals surface area (Å²) < 4.78 is 17.1. The molecule has 2 unspecified atom stereocenters. The van der Waals surface area contributed by atoms with Crippen molar-refractivity contribution >= 4 is 17.9 Å². The third kappa shape index (κ3) is 40.6. The fraction of sp³-hybridized carbons (Fsp3) is 0.528. The standard InChI is InChI=1S/C53H81NO7/c1-6-8-10-12-14-16-18-20-22-24-26-28-29-31-33-35-37-39-41-43-51(55)60-48-49(47-59-46-45-50(53(57)58)54(3,4)5)61-52(56)44-42-40-38-36-34-32-30-27-25-23-21-19-17-15-13-11-9-7-2/h8,10,12,14-31,33,49-50H,6-7,9,11,13,32,34-48H2,1-5H3/b10-8+,14-12+,17-15+,18-16+,21-19+,22-20+,25-23+,26-24+,29-28+,30-27+,33-31+. The van der Waals surface area contributed by atoms with Gasteiger partial charge in [-0.25, -0.2) is 0 Å². The molecule has 0 heterocycles. The van der Waals surface area contributed by atoms with E-state index in [9.17, 15) is 19.5 Å². The molecule has 0 aromatic heterocycles. The lowest BCUT2D eigenvalue weighted by Gasteiger charge is -2.34. The van der Waals surface area contributed by atoms with Crippen LogP contribution in [-0.4, -0.2) is 75.5 Å². The molecule has 61 heavy (non-hydrogen) atoms. The summed E-state index contributed by atoms with van der Waals surface area (Å²) in [6.07, 6.45) is 60.4. The molecule has 2 atom stereocenters. The van der Waals surface area contributed by atoms with E-state index in [1.807, 2.05) is 85.1 Å². The van der Waals surface area contributed by atoms with E-state index in [-0.39, 0.29) is 55.5 Å². The summed E-state index contributed by atoms with van der Waals surface area (Å²) in [5.41, 5.74) is 0. The smallest absolute Gasteiger partial charge is 0.306 e. The Morgan fingerprint density at radius 2 is 0.918 bits per heavy atom. The first-order valence-corrected chi connectivity index (χ1v) is 22.9. The van der Waals surface area contributed by atoms with E-state index >= 15 is 0 Å². The van der Waals surface area contributed by atoms with Crippen molar-refractivity contribution in [3.05, 3.63) is 134 Å². The molecule has 0 amide bonds. The highest BCUT2D eigenvalue weighted by Gasteiger charge is 2.25. The number of rotatable bonds is 38. The SMILES string of the molecule is CC/C=C/C=C/C=C/C=C/C=C/C=C/C=C/CCCCCC(=O)OCC(COCCC(C(=O)[O-])[N+](C)(C)C)OC(=O)CCCCCCC/C=C/C=C/C=C/C=C/CCCCC. The van der Waals surface area contributed by atoms with E-state index < -0.39 is 18.1 Å². The summed E-state index contributed by atoms with van der Waals surface area (Å²) >= 11 is 0. The average molecular weight is 844 g/mol. The van der Waals surface area contributed by atoms with Crippen LogP contribution in [-0.2, 0) is 28.6 Å². The second-order valence-electron chi connectivity index (χ2n) is 15.8. The van der Waals surface area contributed by atoms with Crippen molar-refractivity contribution in [1.82, 2.24) is 0 Å². The molecule has 0 aliphatic carbocycles. The zero-order valence-corrected chi connectivity index (χ0v) is 38.5. The molecule has 0 bridgehead atoms. The highest BCUT2D eigenvalue weighted by molar-refractivity contribution is 5.70. The number of likely N-dealkylation sites (N-methyl/N-ethyl adjacent to an activating group) is 1. The maximum atomic E-state index is 12.7. The first-order valence-electron chi connectivity index (χ1n) is 22.9. The van der Waals surface area contributed by atoms with E-state index in [0.29, 0.717) is 6.42 Å². The maximum absolute atomic E-state index is 12.7. The van der Waals surface area contributed by atoms with E-state index in [1.165, 1.54) is 19.3 Å². The van der Waals surface area contributed by atoms with Crippen molar-refractivity contribution in [2.75, 3.05) is 41.0 Å². The Balaban J connectivity index is 4.53. The van der Waals surface area contributed by atoms with E-state index in [0.717, 1.165) is 70.6 Å². The molecule has 0 aliphatic heterocycles. The van der Waals surface area contributed by atoms with E-state index in [1.54, 1.807) is 21.1 Å². The molecular weight excluding hydrogens is 763 g/mol. The van der Waals surface area contributed by atoms with Gasteiger partial charge in [-0.15, -0.1) is 0 Å². The van der Waals surface area contributed by atoms with Gasteiger partial charge >= 0.3 is 11.9 Å². The summed E-state index contributed by atoms with van der Waals surface area (Å²) in [5, 5.41) is 11.6. The Hall–Kier alpha value is -4.53. The van der Waals surface area contributed by atoms with Crippen LogP contribution in [0.3, 0.4) is 0 Å². The Bertz CT molecular complexity index is 1450. The quantitative estimate of drug-likeness (QED) is 0.0264. The second-order valence-corrected chi connectivity index (χ2v) is 15.8. The van der Waals surface area contributed by atoms with Gasteiger partial charge in [0.2, 0.25) is 0 Å². The number of carbonyl (C=O) groups excluding carboxylic acids is 3. The number of carboxylic acids is 1. The van der Waals surface area contributed by atoms with Gasteiger partial charge in [0.15, 0.2) is 6.10 Å². The number of esters is 2. The minimum absolute atomic E-state index is 0.00492. The number of unbranched alkanes of at least 4 members (excludes halogenated alkanes) is 11. The van der Waals surface area contributed by atoms with Crippen LogP contribution in [0.4, 0.5) is 0 Å². The van der Waals surface area contributed by atoms with Gasteiger partial charge in [0.1, 0.15) is 12.6 Å². The number of hydrogen-bond acceptors (Lipinski definition) is 7. The number of carboxylic acid groups (broad SMARTS) is 1. The Morgan fingerprint density at radius 3 is 1.38 bits per heavy atom. The number of carbonyl (C=O) groups is 3. The number of ether oxygens (including phenoxy) is 3. The molecule has 0 aromatic rings. The average Bonchev–Trinajstić information content (AvgIpc) is 3.22. The lowest BCUT2D eigenvalue weighted by Crippen LogP contribution is -2.55. The maximum Gasteiger partial charge on any atom is 0.306 e. The van der Waals surface area contributed by atoms with Crippen molar-refractivity contribution in [2.45, 2.75) is 142 Å². The number of nitrogens with zero attached hydrogens (tertiary/aromatic N) is 1. The zero-order valence-electron chi connectivity index (χ0n) is 38.5. The summed E-state index contributed by atoms with van der Waals surface area (Å²) in [6, 6.07) is -0.748. The van der Waals surface area contributed by atoms with Crippen molar-refractivity contribution in [1.29, 1.82) is 0 Å². The van der Waals surface area contributed by atoms with Crippen molar-refractivity contribution < 1.29 is 38.2 Å². The van der Waals surface area contributed by atoms with Crippen molar-refractivity contribution in [3.8, 4) is 0 Å². The van der Waals surface area contributed by atoms with Gasteiger partial charge in [0, 0.05) is 19.3 Å². The van der Waals surface area contributed by atoms with Crippen LogP contribution in [0.2, 0.25) is 0 Å². The lowest BCUT2D eigenvalue weighted by atomic mass is 10.1. The summed E-state index contributed by atoms with van der Waals surface area (Å²) in [4.78, 5) is 36.9. The monoisotopic (exact) mass is 844 g/mol. The fourth-order valence-electron chi connectivity index (χ4n) is 5.77. The third-order valence-electron chi connectivity index (χ3n) is 9.31. The van der Waals surface area contributed by atoms with Gasteiger partial charge in [-0.2, -0.15) is 0 Å². The minimum atomic E-state index is -1.14. The third-order valence-corrected chi connectivity index (χ3v) is 9.31. The van der Waals surface area contributed by atoms with Gasteiger partial charge < -0.3 is 28.6 Å². The minimum Gasteiger partial charge on any atom is -0.544 e. The zero-order chi connectivity index (χ0) is 44.9. The fourth-order valence-corrected chi connectivity index (χ4v) is 5.77. The first-order chi connectivity index (χ1) is 29.6. The highest BCUT2D eigenvalue weighted by atomic mass is 16.6. The predicted octanol–water partition coefficient (Wildman–Crippen LogP) is 11.5. The lowest BCUT2D eigenvalue weighted by molar-refractivity contribution is -0.889. The van der Waals surface area contributed by atoms with Crippen LogP contribution in [0.15, 0.2) is 134 Å². The van der Waals surface area contributed by atoms with E-state index in [2.05, 4.69) is 62.5 Å². The Labute approximate surface area is 371 Å². The molecule has 0 saturated carbocycles. The molecule has 0 N–H and O–H groups in total. The van der Waals surface area contributed by atoms with Crippen LogP contribution in [0, 0.1) is 0 Å². The normalized spacial score (nSPS) is 14.2. The number of allylic oxidation sites excluding steroid dienone is 22. The largest absolute Gasteiger partial charge is 0.544 e. The summed E-state index contributed by atoms with van der Waals surface area (Å²) in [7, 11) is 5.36. The van der Waals surface area contributed by atoms with Gasteiger partial charge in [0.05, 0.1) is 40.3 Å². The van der Waals surface area contributed by atoms with Crippen LogP contribution >= 0.6 is 0 Å². The van der Waals surface area contributed by atoms with Gasteiger partial charge in [-0.1, -0.05) is 186 Å². The molecule has 0 spiro atoms. The molecule has 8 heteroatoms. The Kier molecular flexibility index (Phi) is 39.0. The van der Waals surface area contributed by atoms with E-state index in [4.69, 9.17) is 14.2 Å². The molecular formula is C53H81NO7. The predicted molar refractivity (Wildman–Crippen MR) is 253 cm³/mol. The molecule has 0 fully saturated rings. The number of quaternary nitrogens is 1. The van der Waals surface area contributed by atoms with Crippen LogP contribution in [0.5, 0.6) is 0 Å².